The standard InChI is InChI=1S/C17H19N3O2/c21-16-20(12-17(22-16)7-9-18-10-8-17)11-14-6-5-13-3-1-2-4-15(13)19-14/h1-6,18H,7-12H2. The van der Waals surface area contributed by atoms with E-state index in [1.807, 2.05) is 30.3 Å². The predicted octanol–water partition coefficient (Wildman–Crippen LogP) is 2.31. The third-order valence-electron chi connectivity index (χ3n) is 4.56. The number of amides is 1. The third-order valence-corrected chi connectivity index (χ3v) is 4.56. The normalized spacial score (nSPS) is 20.5. The molecule has 1 amide bonds. The van der Waals surface area contributed by atoms with E-state index >= 15 is 0 Å². The molecule has 1 spiro atoms. The molecule has 1 aromatic heterocycles. The molecular formula is C17H19N3O2. The van der Waals surface area contributed by atoms with Crippen molar-refractivity contribution < 1.29 is 9.53 Å². The summed E-state index contributed by atoms with van der Waals surface area (Å²) in [7, 11) is 0. The molecule has 22 heavy (non-hydrogen) atoms. The summed E-state index contributed by atoms with van der Waals surface area (Å²) in [4.78, 5) is 18.6. The zero-order valence-corrected chi connectivity index (χ0v) is 12.4. The molecule has 3 heterocycles. The second-order valence-electron chi connectivity index (χ2n) is 6.15. The van der Waals surface area contributed by atoms with Crippen molar-refractivity contribution in [2.75, 3.05) is 19.6 Å². The minimum absolute atomic E-state index is 0.211. The molecule has 1 aromatic carbocycles. The highest BCUT2D eigenvalue weighted by Gasteiger charge is 2.45. The van der Waals surface area contributed by atoms with Crippen LogP contribution < -0.4 is 5.32 Å². The molecule has 5 heteroatoms. The number of benzene rings is 1. The van der Waals surface area contributed by atoms with Crippen molar-refractivity contribution in [3.8, 4) is 0 Å². The smallest absolute Gasteiger partial charge is 0.410 e. The Labute approximate surface area is 129 Å². The van der Waals surface area contributed by atoms with Gasteiger partial charge >= 0.3 is 6.09 Å². The number of rotatable bonds is 2. The fourth-order valence-corrected chi connectivity index (χ4v) is 3.35. The Morgan fingerprint density at radius 1 is 1.18 bits per heavy atom. The molecular weight excluding hydrogens is 278 g/mol. The first-order valence-corrected chi connectivity index (χ1v) is 7.78. The molecule has 0 bridgehead atoms. The molecule has 1 N–H and O–H groups in total. The number of hydrogen-bond donors (Lipinski definition) is 1. The Morgan fingerprint density at radius 3 is 2.86 bits per heavy atom. The Kier molecular flexibility index (Phi) is 3.22. The number of carbonyl (C=O) groups is 1. The molecule has 0 atom stereocenters. The third kappa shape index (κ3) is 2.41. The van der Waals surface area contributed by atoms with Crippen molar-refractivity contribution in [1.82, 2.24) is 15.2 Å². The topological polar surface area (TPSA) is 54.5 Å². The molecule has 5 nitrogen and oxygen atoms in total. The summed E-state index contributed by atoms with van der Waals surface area (Å²) in [6, 6.07) is 12.1. The second-order valence-corrected chi connectivity index (χ2v) is 6.15. The lowest BCUT2D eigenvalue weighted by Gasteiger charge is -2.31. The molecule has 0 unspecified atom stereocenters. The van der Waals surface area contributed by atoms with Crippen molar-refractivity contribution in [1.29, 1.82) is 0 Å². The monoisotopic (exact) mass is 297 g/mol. The second kappa shape index (κ2) is 5.25. The van der Waals surface area contributed by atoms with Crippen LogP contribution >= 0.6 is 0 Å². The number of piperidine rings is 1. The summed E-state index contributed by atoms with van der Waals surface area (Å²) in [5.41, 5.74) is 1.57. The van der Waals surface area contributed by atoms with Crippen LogP contribution in [0, 0.1) is 0 Å². The number of pyridine rings is 1. The van der Waals surface area contributed by atoms with Gasteiger partial charge in [-0.25, -0.2) is 4.79 Å². The van der Waals surface area contributed by atoms with Crippen molar-refractivity contribution in [2.45, 2.75) is 25.0 Å². The van der Waals surface area contributed by atoms with Gasteiger partial charge in [-0.2, -0.15) is 0 Å². The molecule has 2 aliphatic heterocycles. The van der Waals surface area contributed by atoms with E-state index < -0.39 is 0 Å². The van der Waals surface area contributed by atoms with Crippen molar-refractivity contribution in [3.63, 3.8) is 0 Å². The van der Waals surface area contributed by atoms with Crippen LogP contribution in [0.15, 0.2) is 36.4 Å². The van der Waals surface area contributed by atoms with Gasteiger partial charge in [0.15, 0.2) is 0 Å². The average Bonchev–Trinajstić information content (AvgIpc) is 2.83. The number of carbonyl (C=O) groups excluding carboxylic acids is 1. The van der Waals surface area contributed by atoms with Crippen LogP contribution in [-0.2, 0) is 11.3 Å². The lowest BCUT2D eigenvalue weighted by atomic mass is 9.92. The SMILES string of the molecule is O=C1OC2(CCNCC2)CN1Cc1ccc2ccccc2n1. The Morgan fingerprint density at radius 2 is 2.00 bits per heavy atom. The van der Waals surface area contributed by atoms with E-state index in [0.717, 1.165) is 42.5 Å². The van der Waals surface area contributed by atoms with Crippen LogP contribution in [0.25, 0.3) is 10.9 Å². The van der Waals surface area contributed by atoms with Crippen molar-refractivity contribution >= 4 is 17.0 Å². The van der Waals surface area contributed by atoms with Crippen LogP contribution in [0.1, 0.15) is 18.5 Å². The van der Waals surface area contributed by atoms with Crippen LogP contribution in [-0.4, -0.2) is 41.2 Å². The number of para-hydroxylation sites is 1. The largest absolute Gasteiger partial charge is 0.441 e. The average molecular weight is 297 g/mol. The van der Waals surface area contributed by atoms with E-state index in [2.05, 4.69) is 16.4 Å². The maximum atomic E-state index is 12.2. The zero-order chi connectivity index (χ0) is 15.0. The van der Waals surface area contributed by atoms with Gasteiger partial charge in [0.1, 0.15) is 5.60 Å². The van der Waals surface area contributed by atoms with E-state index in [4.69, 9.17) is 4.74 Å². The van der Waals surface area contributed by atoms with Gasteiger partial charge in [-0.3, -0.25) is 9.88 Å². The van der Waals surface area contributed by atoms with Gasteiger partial charge < -0.3 is 10.1 Å². The van der Waals surface area contributed by atoms with Gasteiger partial charge in [-0.15, -0.1) is 0 Å². The summed E-state index contributed by atoms with van der Waals surface area (Å²) in [5, 5.41) is 4.43. The van der Waals surface area contributed by atoms with E-state index in [0.29, 0.717) is 13.1 Å². The molecule has 0 aliphatic carbocycles. The first kappa shape index (κ1) is 13.5. The highest BCUT2D eigenvalue weighted by atomic mass is 16.6. The molecule has 114 valence electrons. The molecule has 2 aliphatic rings. The van der Waals surface area contributed by atoms with Gasteiger partial charge in [0.25, 0.3) is 0 Å². The molecule has 4 rings (SSSR count). The molecule has 0 radical (unpaired) electrons. The fraction of sp³-hybridized carbons (Fsp3) is 0.412. The Bertz CT molecular complexity index is 710. The summed E-state index contributed by atoms with van der Waals surface area (Å²) >= 11 is 0. The zero-order valence-electron chi connectivity index (χ0n) is 12.4. The van der Waals surface area contributed by atoms with Gasteiger partial charge in [0.05, 0.1) is 24.3 Å². The van der Waals surface area contributed by atoms with Crippen LogP contribution in [0.2, 0.25) is 0 Å². The Balaban J connectivity index is 1.53. The lowest BCUT2D eigenvalue weighted by molar-refractivity contribution is 0.0316. The number of ether oxygens (including phenoxy) is 1. The van der Waals surface area contributed by atoms with Crippen molar-refractivity contribution in [3.05, 3.63) is 42.1 Å². The minimum Gasteiger partial charge on any atom is -0.441 e. The Hall–Kier alpha value is -2.14. The van der Waals surface area contributed by atoms with Crippen LogP contribution in [0.4, 0.5) is 4.79 Å². The molecule has 0 saturated carbocycles. The molecule has 2 aromatic rings. The first-order chi connectivity index (χ1) is 10.7. The number of fused-ring (bicyclic) bond motifs is 1. The van der Waals surface area contributed by atoms with Crippen LogP contribution in [0.3, 0.4) is 0 Å². The highest BCUT2D eigenvalue weighted by molar-refractivity contribution is 5.78. The van der Waals surface area contributed by atoms with E-state index in [1.54, 1.807) is 4.90 Å². The minimum atomic E-state index is -0.292. The quantitative estimate of drug-likeness (QED) is 0.924. The fourth-order valence-electron chi connectivity index (χ4n) is 3.35. The summed E-state index contributed by atoms with van der Waals surface area (Å²) in [6.07, 6.45) is 1.57. The number of hydrogen-bond acceptors (Lipinski definition) is 4. The predicted molar refractivity (Wildman–Crippen MR) is 83.5 cm³/mol. The molecule has 2 fully saturated rings. The van der Waals surface area contributed by atoms with Gasteiger partial charge in [0, 0.05) is 18.2 Å². The lowest BCUT2D eigenvalue weighted by Crippen LogP contribution is -2.44. The van der Waals surface area contributed by atoms with Crippen molar-refractivity contribution in [2.24, 2.45) is 0 Å². The maximum absolute atomic E-state index is 12.2. The van der Waals surface area contributed by atoms with E-state index in [-0.39, 0.29) is 11.7 Å². The number of nitrogens with one attached hydrogen (secondary N) is 1. The van der Waals surface area contributed by atoms with Gasteiger partial charge in [-0.1, -0.05) is 24.3 Å². The highest BCUT2D eigenvalue weighted by Crippen LogP contribution is 2.31. The molecule has 2 saturated heterocycles. The summed E-state index contributed by atoms with van der Waals surface area (Å²) in [6.45, 7) is 3.01. The van der Waals surface area contributed by atoms with Gasteiger partial charge in [0.2, 0.25) is 0 Å². The van der Waals surface area contributed by atoms with E-state index in [9.17, 15) is 4.79 Å². The number of nitrogens with zero attached hydrogens (tertiary/aromatic N) is 2. The maximum Gasteiger partial charge on any atom is 0.410 e. The summed E-state index contributed by atoms with van der Waals surface area (Å²) < 4.78 is 5.68. The first-order valence-electron chi connectivity index (χ1n) is 7.78. The summed E-state index contributed by atoms with van der Waals surface area (Å²) in [5.74, 6) is 0. The van der Waals surface area contributed by atoms with Crippen LogP contribution in [0.5, 0.6) is 0 Å². The van der Waals surface area contributed by atoms with E-state index in [1.165, 1.54) is 0 Å². The van der Waals surface area contributed by atoms with Gasteiger partial charge in [-0.05, 0) is 25.2 Å². The number of aromatic nitrogens is 1.